The van der Waals surface area contributed by atoms with Crippen LogP contribution in [0.3, 0.4) is 0 Å². The van der Waals surface area contributed by atoms with Gasteiger partial charge in [-0.05, 0) is 12.8 Å². The van der Waals surface area contributed by atoms with Crippen LogP contribution in [0.4, 0.5) is 0 Å². The highest BCUT2D eigenvalue weighted by molar-refractivity contribution is 5.29. The molecule has 0 spiro atoms. The van der Waals surface area contributed by atoms with Crippen molar-refractivity contribution in [2.45, 2.75) is 25.4 Å². The quantitative estimate of drug-likeness (QED) is 0.822. The molecule has 2 heterocycles. The van der Waals surface area contributed by atoms with E-state index in [0.29, 0.717) is 11.9 Å². The molecule has 1 N–H and O–H groups in total. The van der Waals surface area contributed by atoms with Gasteiger partial charge in [0.1, 0.15) is 0 Å². The fraction of sp³-hybridized carbons (Fsp3) is 0.545. The van der Waals surface area contributed by atoms with Gasteiger partial charge >= 0.3 is 0 Å². The van der Waals surface area contributed by atoms with E-state index in [2.05, 4.69) is 20.7 Å². The molecule has 1 saturated carbocycles. The molecule has 0 aliphatic heterocycles. The average molecular weight is 248 g/mol. The fourth-order valence-corrected chi connectivity index (χ4v) is 1.84. The van der Waals surface area contributed by atoms with Crippen molar-refractivity contribution in [2.75, 3.05) is 7.11 Å². The van der Waals surface area contributed by atoms with E-state index in [1.807, 2.05) is 13.1 Å². The molecule has 0 aromatic carbocycles. The van der Waals surface area contributed by atoms with Gasteiger partial charge in [0.25, 0.3) is 0 Å². The molecular formula is C11H16N6O. The molecule has 1 aliphatic rings. The number of ether oxygens (including phenoxy) is 1. The first-order valence-electron chi connectivity index (χ1n) is 5.99. The zero-order valence-electron chi connectivity index (χ0n) is 10.5. The first kappa shape index (κ1) is 11.2. The Morgan fingerprint density at radius 2 is 2.33 bits per heavy atom. The summed E-state index contributed by atoms with van der Waals surface area (Å²) < 4.78 is 8.60. The Kier molecular flexibility index (Phi) is 2.75. The van der Waals surface area contributed by atoms with Crippen molar-refractivity contribution in [3.05, 3.63) is 18.0 Å². The lowest BCUT2D eigenvalue weighted by Gasteiger charge is -2.03. The van der Waals surface area contributed by atoms with Crippen molar-refractivity contribution < 1.29 is 4.74 Å². The molecule has 1 fully saturated rings. The Labute approximate surface area is 105 Å². The second-order valence-electron chi connectivity index (χ2n) is 4.46. The first-order chi connectivity index (χ1) is 8.78. The number of hydrogen-bond acceptors (Lipinski definition) is 5. The van der Waals surface area contributed by atoms with Crippen LogP contribution in [0.5, 0.6) is 5.88 Å². The van der Waals surface area contributed by atoms with Crippen molar-refractivity contribution in [1.82, 2.24) is 30.1 Å². The summed E-state index contributed by atoms with van der Waals surface area (Å²) in [6.45, 7) is 0.760. The van der Waals surface area contributed by atoms with E-state index in [1.165, 1.54) is 12.8 Å². The predicted molar refractivity (Wildman–Crippen MR) is 64.5 cm³/mol. The smallest absolute Gasteiger partial charge is 0.213 e. The molecular weight excluding hydrogens is 232 g/mol. The molecule has 0 saturated heterocycles. The maximum Gasteiger partial charge on any atom is 0.213 e. The monoisotopic (exact) mass is 248 g/mol. The molecule has 1 aliphatic carbocycles. The second-order valence-corrected chi connectivity index (χ2v) is 4.46. The summed E-state index contributed by atoms with van der Waals surface area (Å²) in [5.41, 5.74) is 1.00. The summed E-state index contributed by atoms with van der Waals surface area (Å²) in [5, 5.41) is 15.8. The molecule has 2 aromatic rings. The van der Waals surface area contributed by atoms with Crippen LogP contribution in [0.25, 0.3) is 5.82 Å². The van der Waals surface area contributed by atoms with Crippen molar-refractivity contribution in [2.24, 2.45) is 7.05 Å². The second kappa shape index (κ2) is 4.41. The predicted octanol–water partition coefficient (Wildman–Crippen LogP) is 0.261. The first-order valence-corrected chi connectivity index (χ1v) is 5.99. The van der Waals surface area contributed by atoms with Crippen LogP contribution in [0.15, 0.2) is 12.3 Å². The molecule has 0 radical (unpaired) electrons. The van der Waals surface area contributed by atoms with E-state index in [4.69, 9.17) is 4.74 Å². The molecule has 96 valence electrons. The maximum absolute atomic E-state index is 5.20. The van der Waals surface area contributed by atoms with E-state index >= 15 is 0 Å². The summed E-state index contributed by atoms with van der Waals surface area (Å²) in [7, 11) is 3.46. The Morgan fingerprint density at radius 3 is 3.00 bits per heavy atom. The topological polar surface area (TPSA) is 69.8 Å². The molecule has 0 bridgehead atoms. The minimum absolute atomic E-state index is 0.659. The number of rotatable bonds is 5. The molecule has 2 aromatic heterocycles. The van der Waals surface area contributed by atoms with Gasteiger partial charge in [0.2, 0.25) is 5.88 Å². The van der Waals surface area contributed by atoms with Crippen LogP contribution in [-0.2, 0) is 13.6 Å². The van der Waals surface area contributed by atoms with Gasteiger partial charge in [0, 0.05) is 25.7 Å². The highest BCUT2D eigenvalue weighted by Crippen LogP contribution is 2.20. The van der Waals surface area contributed by atoms with Crippen molar-refractivity contribution >= 4 is 0 Å². The molecule has 0 amide bonds. The van der Waals surface area contributed by atoms with E-state index in [1.54, 1.807) is 22.7 Å². The normalized spacial score (nSPS) is 15.0. The van der Waals surface area contributed by atoms with Crippen LogP contribution in [0.1, 0.15) is 18.5 Å². The van der Waals surface area contributed by atoms with Crippen LogP contribution in [0, 0.1) is 0 Å². The standard InChI is InChI=1S/C11H16N6O/c1-16-11(18-2)5-10(14-16)17-9(7-13-15-17)6-12-8-3-4-8/h5,7-8,12H,3-4,6H2,1-2H3. The van der Waals surface area contributed by atoms with Crippen molar-refractivity contribution in [3.63, 3.8) is 0 Å². The molecule has 18 heavy (non-hydrogen) atoms. The number of nitrogens with one attached hydrogen (secondary N) is 1. The van der Waals surface area contributed by atoms with Crippen molar-refractivity contribution in [1.29, 1.82) is 0 Å². The highest BCUT2D eigenvalue weighted by atomic mass is 16.5. The average Bonchev–Trinajstić information content (AvgIpc) is 2.95. The third kappa shape index (κ3) is 2.08. The summed E-state index contributed by atoms with van der Waals surface area (Å²) in [5.74, 6) is 1.42. The Bertz CT molecular complexity index is 541. The van der Waals surface area contributed by atoms with E-state index in [0.717, 1.165) is 18.1 Å². The highest BCUT2D eigenvalue weighted by Gasteiger charge is 2.21. The lowest BCUT2D eigenvalue weighted by molar-refractivity contribution is 0.373. The van der Waals surface area contributed by atoms with E-state index < -0.39 is 0 Å². The van der Waals surface area contributed by atoms with Gasteiger partial charge in [-0.15, -0.1) is 10.2 Å². The van der Waals surface area contributed by atoms with Gasteiger partial charge in [-0.3, -0.25) is 0 Å². The van der Waals surface area contributed by atoms with E-state index in [-0.39, 0.29) is 0 Å². The third-order valence-electron chi connectivity index (χ3n) is 3.02. The van der Waals surface area contributed by atoms with Gasteiger partial charge in [0.05, 0.1) is 19.0 Å². The van der Waals surface area contributed by atoms with Gasteiger partial charge in [-0.2, -0.15) is 4.68 Å². The molecule has 0 unspecified atom stereocenters. The number of nitrogens with zero attached hydrogens (tertiary/aromatic N) is 5. The zero-order chi connectivity index (χ0) is 12.5. The zero-order valence-corrected chi connectivity index (χ0v) is 10.5. The number of aromatic nitrogens is 5. The van der Waals surface area contributed by atoms with Crippen LogP contribution in [-0.4, -0.2) is 37.9 Å². The van der Waals surface area contributed by atoms with Gasteiger partial charge in [-0.1, -0.05) is 5.21 Å². The number of hydrogen-bond donors (Lipinski definition) is 1. The minimum Gasteiger partial charge on any atom is -0.481 e. The van der Waals surface area contributed by atoms with Crippen molar-refractivity contribution in [3.8, 4) is 11.7 Å². The Hall–Kier alpha value is -1.89. The SMILES string of the molecule is COc1cc(-n2nncc2CNC2CC2)nn1C. The maximum atomic E-state index is 5.20. The largest absolute Gasteiger partial charge is 0.481 e. The van der Waals surface area contributed by atoms with Crippen LogP contribution >= 0.6 is 0 Å². The third-order valence-corrected chi connectivity index (χ3v) is 3.02. The summed E-state index contributed by atoms with van der Waals surface area (Å²) in [6, 6.07) is 2.50. The molecule has 3 rings (SSSR count). The molecule has 7 heteroatoms. The Morgan fingerprint density at radius 1 is 1.50 bits per heavy atom. The lowest BCUT2D eigenvalue weighted by Crippen LogP contribution is -2.18. The Balaban J connectivity index is 1.83. The summed E-state index contributed by atoms with van der Waals surface area (Å²) >= 11 is 0. The van der Waals surface area contributed by atoms with Gasteiger partial charge < -0.3 is 10.1 Å². The number of aryl methyl sites for hydroxylation is 1. The number of methoxy groups -OCH3 is 1. The summed E-state index contributed by atoms with van der Waals surface area (Å²) in [4.78, 5) is 0. The lowest BCUT2D eigenvalue weighted by atomic mass is 10.4. The van der Waals surface area contributed by atoms with Gasteiger partial charge in [-0.25, -0.2) is 4.68 Å². The summed E-state index contributed by atoms with van der Waals surface area (Å²) in [6.07, 6.45) is 4.29. The van der Waals surface area contributed by atoms with Crippen LogP contribution in [0.2, 0.25) is 0 Å². The molecule has 0 atom stereocenters. The fourth-order valence-electron chi connectivity index (χ4n) is 1.84. The minimum atomic E-state index is 0.659. The van der Waals surface area contributed by atoms with E-state index in [9.17, 15) is 0 Å². The van der Waals surface area contributed by atoms with Crippen LogP contribution < -0.4 is 10.1 Å². The van der Waals surface area contributed by atoms with Gasteiger partial charge in [0.15, 0.2) is 5.82 Å². The molecule has 7 nitrogen and oxygen atoms in total.